The summed E-state index contributed by atoms with van der Waals surface area (Å²) in [5, 5.41) is 20.1. The first-order valence-electron chi connectivity index (χ1n) is 11.4. The molecule has 0 aliphatic rings. The van der Waals surface area contributed by atoms with Crippen molar-refractivity contribution in [3.05, 3.63) is 35.9 Å². The zero-order valence-corrected chi connectivity index (χ0v) is 21.3. The SMILES string of the molecule is CCC[CH2][Sn]([CH2]CCC)([CH2]CCC)[CH](c1ccccc1)C(C)C(O)CC(=O)O. The number of aliphatic hydroxyl groups excluding tert-OH is 1. The van der Waals surface area contributed by atoms with Crippen molar-refractivity contribution >= 4 is 24.3 Å². The minimum atomic E-state index is -2.72. The Morgan fingerprint density at radius 2 is 1.39 bits per heavy atom. The van der Waals surface area contributed by atoms with Gasteiger partial charge in [-0.05, 0) is 0 Å². The van der Waals surface area contributed by atoms with Crippen molar-refractivity contribution in [3.8, 4) is 0 Å². The molecule has 4 heteroatoms. The van der Waals surface area contributed by atoms with E-state index >= 15 is 0 Å². The fourth-order valence-electron chi connectivity index (χ4n) is 4.89. The van der Waals surface area contributed by atoms with Crippen LogP contribution in [0.15, 0.2) is 30.3 Å². The van der Waals surface area contributed by atoms with Gasteiger partial charge in [0.05, 0.1) is 0 Å². The maximum atomic E-state index is 11.3. The normalized spacial score (nSPS) is 15.2. The summed E-state index contributed by atoms with van der Waals surface area (Å²) in [6, 6.07) is 10.7. The molecule has 0 radical (unpaired) electrons. The van der Waals surface area contributed by atoms with Crippen LogP contribution in [0.4, 0.5) is 0 Å². The van der Waals surface area contributed by atoms with Crippen LogP contribution in [0.1, 0.15) is 82.1 Å². The van der Waals surface area contributed by atoms with Gasteiger partial charge < -0.3 is 0 Å². The molecule has 1 aromatic rings. The molecule has 0 heterocycles. The van der Waals surface area contributed by atoms with E-state index in [0.29, 0.717) is 3.93 Å². The van der Waals surface area contributed by atoms with E-state index in [1.165, 1.54) is 57.4 Å². The van der Waals surface area contributed by atoms with Crippen LogP contribution in [0.25, 0.3) is 0 Å². The van der Waals surface area contributed by atoms with Gasteiger partial charge in [-0.1, -0.05) is 0 Å². The Morgan fingerprint density at radius 3 is 1.79 bits per heavy atom. The average Bonchev–Trinajstić information content (AvgIpc) is 2.69. The van der Waals surface area contributed by atoms with E-state index in [4.69, 9.17) is 0 Å². The van der Waals surface area contributed by atoms with Crippen LogP contribution in [-0.2, 0) is 4.79 Å². The molecule has 160 valence electrons. The van der Waals surface area contributed by atoms with E-state index in [2.05, 4.69) is 58.0 Å². The Bertz CT molecular complexity index is 524. The van der Waals surface area contributed by atoms with Crippen LogP contribution in [0, 0.1) is 5.92 Å². The van der Waals surface area contributed by atoms with Crippen LogP contribution in [0.5, 0.6) is 0 Å². The predicted octanol–water partition coefficient (Wildman–Crippen LogP) is 6.63. The third-order valence-electron chi connectivity index (χ3n) is 6.42. The zero-order chi connectivity index (χ0) is 21.0. The molecule has 3 nitrogen and oxygen atoms in total. The first kappa shape index (κ1) is 25.5. The number of carboxylic acid groups (broad SMARTS) is 1. The van der Waals surface area contributed by atoms with E-state index in [1.807, 2.05) is 0 Å². The van der Waals surface area contributed by atoms with Crippen molar-refractivity contribution in [2.24, 2.45) is 5.92 Å². The number of carboxylic acids is 1. The Balaban J connectivity index is 3.42. The van der Waals surface area contributed by atoms with Gasteiger partial charge in [0, 0.05) is 0 Å². The molecule has 0 aliphatic carbocycles. The molecule has 0 saturated carbocycles. The number of aliphatic hydroxyl groups is 1. The molecule has 0 amide bonds. The van der Waals surface area contributed by atoms with Crippen molar-refractivity contribution < 1.29 is 15.0 Å². The Kier molecular flexibility index (Phi) is 12.4. The minimum absolute atomic E-state index is 0.000122. The predicted molar refractivity (Wildman–Crippen MR) is 122 cm³/mol. The second-order valence-corrected chi connectivity index (χ2v) is 22.4. The van der Waals surface area contributed by atoms with Gasteiger partial charge in [-0.15, -0.1) is 0 Å². The van der Waals surface area contributed by atoms with Crippen LogP contribution < -0.4 is 0 Å². The van der Waals surface area contributed by atoms with Crippen LogP contribution >= 0.6 is 0 Å². The van der Waals surface area contributed by atoms with Crippen LogP contribution in [0.2, 0.25) is 13.3 Å². The molecular formula is C24H42O3Sn. The van der Waals surface area contributed by atoms with Crippen molar-refractivity contribution in [3.63, 3.8) is 0 Å². The van der Waals surface area contributed by atoms with Gasteiger partial charge in [0.2, 0.25) is 0 Å². The summed E-state index contributed by atoms with van der Waals surface area (Å²) in [7, 11) is 0. The molecule has 1 rings (SSSR count). The molecule has 2 N–H and O–H groups in total. The molecule has 3 atom stereocenters. The van der Waals surface area contributed by atoms with Crippen molar-refractivity contribution in [2.45, 2.75) is 96.0 Å². The zero-order valence-electron chi connectivity index (χ0n) is 18.5. The van der Waals surface area contributed by atoms with Crippen molar-refractivity contribution in [2.75, 3.05) is 0 Å². The average molecular weight is 497 g/mol. The topological polar surface area (TPSA) is 57.5 Å². The molecule has 0 bridgehead atoms. The quantitative estimate of drug-likeness (QED) is 0.268. The van der Waals surface area contributed by atoms with E-state index in [-0.39, 0.29) is 12.3 Å². The van der Waals surface area contributed by atoms with Crippen LogP contribution in [-0.4, -0.2) is 40.7 Å². The van der Waals surface area contributed by atoms with Gasteiger partial charge in [-0.2, -0.15) is 0 Å². The van der Waals surface area contributed by atoms with Gasteiger partial charge >= 0.3 is 177 Å². The molecule has 0 aliphatic heterocycles. The summed E-state index contributed by atoms with van der Waals surface area (Å²) < 4.78 is 4.45. The molecule has 28 heavy (non-hydrogen) atoms. The molecule has 0 spiro atoms. The number of rotatable bonds is 15. The van der Waals surface area contributed by atoms with Crippen molar-refractivity contribution in [1.82, 2.24) is 0 Å². The second kappa shape index (κ2) is 13.6. The van der Waals surface area contributed by atoms with Gasteiger partial charge in [-0.25, -0.2) is 0 Å². The van der Waals surface area contributed by atoms with Crippen LogP contribution in [0.3, 0.4) is 0 Å². The monoisotopic (exact) mass is 498 g/mol. The first-order valence-corrected chi connectivity index (χ1v) is 19.1. The number of aliphatic carboxylic acids is 1. The van der Waals surface area contributed by atoms with E-state index in [1.54, 1.807) is 0 Å². The van der Waals surface area contributed by atoms with E-state index in [9.17, 15) is 15.0 Å². The molecule has 3 unspecified atom stereocenters. The van der Waals surface area contributed by atoms with Gasteiger partial charge in [0.25, 0.3) is 0 Å². The van der Waals surface area contributed by atoms with Gasteiger partial charge in [-0.3, -0.25) is 0 Å². The summed E-state index contributed by atoms with van der Waals surface area (Å²) in [5.74, 6) is -0.900. The molecule has 0 fully saturated rings. The third kappa shape index (κ3) is 7.70. The molecule has 0 saturated heterocycles. The summed E-state index contributed by atoms with van der Waals surface area (Å²) in [5.41, 5.74) is 1.35. The number of benzene rings is 1. The number of hydrogen-bond acceptors (Lipinski definition) is 2. The molecular weight excluding hydrogens is 455 g/mol. The second-order valence-electron chi connectivity index (χ2n) is 8.59. The molecule has 1 aromatic carbocycles. The maximum absolute atomic E-state index is 11.3. The van der Waals surface area contributed by atoms with Gasteiger partial charge in [0.1, 0.15) is 0 Å². The third-order valence-corrected chi connectivity index (χ3v) is 24.2. The Labute approximate surface area is 176 Å². The fourth-order valence-corrected chi connectivity index (χ4v) is 25.1. The fraction of sp³-hybridized carbons (Fsp3) is 0.708. The summed E-state index contributed by atoms with van der Waals surface area (Å²) in [6.45, 7) is 8.93. The Hall–Kier alpha value is -0.551. The van der Waals surface area contributed by atoms with E-state index in [0.717, 1.165) is 0 Å². The summed E-state index contributed by atoms with van der Waals surface area (Å²) in [6.07, 6.45) is 6.53. The first-order chi connectivity index (χ1) is 13.4. The van der Waals surface area contributed by atoms with Gasteiger partial charge in [0.15, 0.2) is 0 Å². The standard InChI is InChI=1S/C12H15O3.3C4H9.Sn/c1-9(11(13)8-12(14)15)7-10-5-3-2-4-6-10;3*1-3-4-2;/h2-7,9,11,13H,8H2,1H3,(H,14,15);3*1,3-4H2,2H3;. The Morgan fingerprint density at radius 1 is 0.929 bits per heavy atom. The molecule has 0 aromatic heterocycles. The van der Waals surface area contributed by atoms with Crippen molar-refractivity contribution in [1.29, 1.82) is 0 Å². The number of unbranched alkanes of at least 4 members (excludes halogenated alkanes) is 3. The van der Waals surface area contributed by atoms with E-state index < -0.39 is 30.5 Å². The number of carbonyl (C=O) groups is 1. The number of hydrogen-bond donors (Lipinski definition) is 2. The summed E-state index contributed by atoms with van der Waals surface area (Å²) >= 11 is -2.72. The summed E-state index contributed by atoms with van der Waals surface area (Å²) in [4.78, 5) is 11.3.